The van der Waals surface area contributed by atoms with Crippen LogP contribution < -0.4 is 11.2 Å². The lowest BCUT2D eigenvalue weighted by molar-refractivity contribution is -0.138. The van der Waals surface area contributed by atoms with E-state index in [0.29, 0.717) is 35.1 Å². The van der Waals surface area contributed by atoms with Crippen LogP contribution in [0.25, 0.3) is 11.0 Å². The first-order valence-electron chi connectivity index (χ1n) is 6.66. The highest BCUT2D eigenvalue weighted by Crippen LogP contribution is 2.16. The molecule has 2 rings (SSSR count). The summed E-state index contributed by atoms with van der Waals surface area (Å²) in [5.74, 6) is -0.557. The molecule has 0 fully saturated rings. The zero-order chi connectivity index (χ0) is 15.4. The van der Waals surface area contributed by atoms with Crippen molar-refractivity contribution in [2.45, 2.75) is 25.3 Å². The number of aryl methyl sites for hydroxylation is 1. The number of aliphatic hydroxyl groups excluding tert-OH is 1. The zero-order valence-corrected chi connectivity index (χ0v) is 11.4. The molecule has 1 atom stereocenters. The van der Waals surface area contributed by atoms with Gasteiger partial charge in [-0.25, -0.2) is 0 Å². The molecule has 2 aromatic rings. The Balaban J connectivity index is 2.33. The summed E-state index contributed by atoms with van der Waals surface area (Å²) in [7, 11) is 0. The van der Waals surface area contributed by atoms with Crippen molar-refractivity contribution < 1.29 is 19.4 Å². The molecular formula is C15H17NO5. The summed E-state index contributed by atoms with van der Waals surface area (Å²) >= 11 is 0. The van der Waals surface area contributed by atoms with Crippen molar-refractivity contribution in [3.8, 4) is 0 Å². The molecule has 0 aliphatic rings. The van der Waals surface area contributed by atoms with Crippen molar-refractivity contribution in [1.29, 1.82) is 0 Å². The van der Waals surface area contributed by atoms with E-state index in [-0.39, 0.29) is 18.5 Å². The van der Waals surface area contributed by atoms with Gasteiger partial charge in [0.15, 0.2) is 5.43 Å². The van der Waals surface area contributed by atoms with Crippen LogP contribution in [0.3, 0.4) is 0 Å². The second kappa shape index (κ2) is 6.51. The lowest BCUT2D eigenvalue weighted by atomic mass is 10.0. The average Bonchev–Trinajstić information content (AvgIpc) is 2.45. The number of hydrogen-bond acceptors (Lipinski definition) is 5. The van der Waals surface area contributed by atoms with Crippen molar-refractivity contribution in [2.24, 2.45) is 5.73 Å². The van der Waals surface area contributed by atoms with Crippen LogP contribution in [0.1, 0.15) is 17.7 Å². The number of benzene rings is 1. The normalized spacial score (nSPS) is 12.5. The number of rotatable bonds is 6. The third-order valence-electron chi connectivity index (χ3n) is 3.20. The SMILES string of the molecule is NC(Cc1ccc2oc(CCCO)cc(=O)c2c1)C(=O)O. The lowest BCUT2D eigenvalue weighted by Gasteiger charge is -2.08. The van der Waals surface area contributed by atoms with Gasteiger partial charge in [-0.3, -0.25) is 9.59 Å². The van der Waals surface area contributed by atoms with Gasteiger partial charge in [0, 0.05) is 19.1 Å². The summed E-state index contributed by atoms with van der Waals surface area (Å²) in [6, 6.07) is 5.35. The topological polar surface area (TPSA) is 114 Å². The number of carboxylic acids is 1. The summed E-state index contributed by atoms with van der Waals surface area (Å²) in [6.07, 6.45) is 1.17. The van der Waals surface area contributed by atoms with E-state index < -0.39 is 12.0 Å². The van der Waals surface area contributed by atoms with E-state index in [1.807, 2.05) is 0 Å². The number of carboxylic acid groups (broad SMARTS) is 1. The van der Waals surface area contributed by atoms with Gasteiger partial charge in [-0.2, -0.15) is 0 Å². The molecule has 1 heterocycles. The van der Waals surface area contributed by atoms with E-state index in [1.165, 1.54) is 6.07 Å². The van der Waals surface area contributed by atoms with Crippen molar-refractivity contribution >= 4 is 16.9 Å². The largest absolute Gasteiger partial charge is 0.480 e. The molecule has 0 bridgehead atoms. The van der Waals surface area contributed by atoms with Gasteiger partial charge in [-0.05, 0) is 30.5 Å². The Labute approximate surface area is 120 Å². The van der Waals surface area contributed by atoms with Crippen LogP contribution in [-0.2, 0) is 17.6 Å². The van der Waals surface area contributed by atoms with Gasteiger partial charge in [0.2, 0.25) is 0 Å². The molecule has 6 heteroatoms. The lowest BCUT2D eigenvalue weighted by Crippen LogP contribution is -2.32. The molecule has 6 nitrogen and oxygen atoms in total. The van der Waals surface area contributed by atoms with Crippen molar-refractivity contribution in [1.82, 2.24) is 0 Å². The molecule has 112 valence electrons. The van der Waals surface area contributed by atoms with E-state index in [2.05, 4.69) is 0 Å². The number of carbonyl (C=O) groups is 1. The minimum atomic E-state index is -1.08. The summed E-state index contributed by atoms with van der Waals surface area (Å²) in [5, 5.41) is 18.0. The van der Waals surface area contributed by atoms with E-state index in [9.17, 15) is 9.59 Å². The Morgan fingerprint density at radius 2 is 2.10 bits per heavy atom. The molecule has 0 aliphatic carbocycles. The highest BCUT2D eigenvalue weighted by atomic mass is 16.4. The van der Waals surface area contributed by atoms with Gasteiger partial charge >= 0.3 is 5.97 Å². The Hall–Kier alpha value is -2.18. The molecule has 0 saturated carbocycles. The third-order valence-corrected chi connectivity index (χ3v) is 3.20. The van der Waals surface area contributed by atoms with Crippen molar-refractivity contribution in [3.63, 3.8) is 0 Å². The predicted molar refractivity (Wildman–Crippen MR) is 77.2 cm³/mol. The summed E-state index contributed by atoms with van der Waals surface area (Å²) in [6.45, 7) is 0.0355. The van der Waals surface area contributed by atoms with Crippen LogP contribution >= 0.6 is 0 Å². The van der Waals surface area contributed by atoms with Gasteiger partial charge in [0.25, 0.3) is 0 Å². The van der Waals surface area contributed by atoms with Crippen LogP contribution in [-0.4, -0.2) is 28.8 Å². The smallest absolute Gasteiger partial charge is 0.320 e. The summed E-state index contributed by atoms with van der Waals surface area (Å²) in [5.41, 5.74) is 6.42. The molecule has 0 aliphatic heterocycles. The second-order valence-corrected chi connectivity index (χ2v) is 4.88. The Morgan fingerprint density at radius 3 is 2.76 bits per heavy atom. The van der Waals surface area contributed by atoms with Crippen LogP contribution in [0.4, 0.5) is 0 Å². The minimum Gasteiger partial charge on any atom is -0.480 e. The van der Waals surface area contributed by atoms with Gasteiger partial charge < -0.3 is 20.4 Å². The Morgan fingerprint density at radius 1 is 1.33 bits per heavy atom. The molecule has 0 saturated heterocycles. The molecule has 21 heavy (non-hydrogen) atoms. The molecule has 0 spiro atoms. The van der Waals surface area contributed by atoms with E-state index >= 15 is 0 Å². The van der Waals surface area contributed by atoms with Crippen LogP contribution in [0.5, 0.6) is 0 Å². The molecule has 0 radical (unpaired) electrons. The summed E-state index contributed by atoms with van der Waals surface area (Å²) < 4.78 is 5.59. The van der Waals surface area contributed by atoms with Gasteiger partial charge in [-0.15, -0.1) is 0 Å². The number of hydrogen-bond donors (Lipinski definition) is 3. The Kier molecular flexibility index (Phi) is 4.72. The standard InChI is InChI=1S/C15H17NO5/c16-12(15(19)20)7-9-3-4-14-11(6-9)13(18)8-10(21-14)2-1-5-17/h3-4,6,8,12,17H,1-2,5,7,16H2,(H,19,20). The number of aliphatic carboxylic acids is 1. The van der Waals surface area contributed by atoms with Crippen LogP contribution in [0.15, 0.2) is 33.5 Å². The van der Waals surface area contributed by atoms with E-state index in [0.717, 1.165) is 0 Å². The van der Waals surface area contributed by atoms with Crippen molar-refractivity contribution in [3.05, 3.63) is 45.8 Å². The fraction of sp³-hybridized carbons (Fsp3) is 0.333. The first-order chi connectivity index (χ1) is 10.0. The molecular weight excluding hydrogens is 274 g/mol. The number of aliphatic hydroxyl groups is 1. The number of nitrogens with two attached hydrogens (primary N) is 1. The highest BCUT2D eigenvalue weighted by molar-refractivity contribution is 5.78. The molecule has 1 unspecified atom stereocenters. The van der Waals surface area contributed by atoms with Crippen LogP contribution in [0.2, 0.25) is 0 Å². The molecule has 1 aromatic carbocycles. The first kappa shape index (κ1) is 15.2. The minimum absolute atomic E-state index is 0.0355. The van der Waals surface area contributed by atoms with E-state index in [1.54, 1.807) is 18.2 Å². The first-order valence-corrected chi connectivity index (χ1v) is 6.66. The van der Waals surface area contributed by atoms with Gasteiger partial charge in [0.05, 0.1) is 5.39 Å². The predicted octanol–water partition coefficient (Wildman–Crippen LogP) is 0.672. The molecule has 0 amide bonds. The quantitative estimate of drug-likeness (QED) is 0.721. The monoisotopic (exact) mass is 291 g/mol. The maximum absolute atomic E-state index is 12.1. The maximum atomic E-state index is 12.1. The number of fused-ring (bicyclic) bond motifs is 1. The van der Waals surface area contributed by atoms with Gasteiger partial charge in [-0.1, -0.05) is 6.07 Å². The molecule has 4 N–H and O–H groups in total. The van der Waals surface area contributed by atoms with Crippen LogP contribution in [0, 0.1) is 0 Å². The second-order valence-electron chi connectivity index (χ2n) is 4.88. The highest BCUT2D eigenvalue weighted by Gasteiger charge is 2.13. The van der Waals surface area contributed by atoms with Crippen molar-refractivity contribution in [2.75, 3.05) is 6.61 Å². The summed E-state index contributed by atoms with van der Waals surface area (Å²) in [4.78, 5) is 22.8. The maximum Gasteiger partial charge on any atom is 0.320 e. The van der Waals surface area contributed by atoms with E-state index in [4.69, 9.17) is 20.4 Å². The zero-order valence-electron chi connectivity index (χ0n) is 11.4. The Bertz CT molecular complexity index is 707. The molecule has 1 aromatic heterocycles. The average molecular weight is 291 g/mol. The third kappa shape index (κ3) is 3.68. The fourth-order valence-electron chi connectivity index (χ4n) is 2.10. The van der Waals surface area contributed by atoms with Gasteiger partial charge in [0.1, 0.15) is 17.4 Å². The fourth-order valence-corrected chi connectivity index (χ4v) is 2.10.